The van der Waals surface area contributed by atoms with Crippen LogP contribution in [0, 0.1) is 5.92 Å². The summed E-state index contributed by atoms with van der Waals surface area (Å²) in [6, 6.07) is 0. The molecule has 0 aliphatic heterocycles. The standard InChI is InChI=1S/C13H20O2/c1-9(2)13(14)15-12-7-6-10-4-3-5-11(10)8-12/h9,12H,3-8H2,1-2H3. The lowest BCUT2D eigenvalue weighted by Crippen LogP contribution is -2.24. The summed E-state index contributed by atoms with van der Waals surface area (Å²) in [4.78, 5) is 11.5. The van der Waals surface area contributed by atoms with Crippen molar-refractivity contribution in [1.29, 1.82) is 0 Å². The highest BCUT2D eigenvalue weighted by Gasteiger charge is 2.26. The molecule has 2 heteroatoms. The summed E-state index contributed by atoms with van der Waals surface area (Å²) in [6.45, 7) is 3.79. The first kappa shape index (κ1) is 10.7. The molecular formula is C13H20O2. The summed E-state index contributed by atoms with van der Waals surface area (Å²) in [6.07, 6.45) is 7.22. The zero-order chi connectivity index (χ0) is 10.8. The fourth-order valence-corrected chi connectivity index (χ4v) is 2.53. The highest BCUT2D eigenvalue weighted by atomic mass is 16.5. The maximum Gasteiger partial charge on any atom is 0.308 e. The third kappa shape index (κ3) is 2.42. The molecule has 0 spiro atoms. The van der Waals surface area contributed by atoms with Gasteiger partial charge in [-0.3, -0.25) is 4.79 Å². The van der Waals surface area contributed by atoms with E-state index in [2.05, 4.69) is 0 Å². The van der Waals surface area contributed by atoms with E-state index in [9.17, 15) is 4.79 Å². The van der Waals surface area contributed by atoms with E-state index in [1.54, 1.807) is 11.1 Å². The van der Waals surface area contributed by atoms with Crippen LogP contribution in [0.3, 0.4) is 0 Å². The normalized spacial score (nSPS) is 25.7. The van der Waals surface area contributed by atoms with Crippen LogP contribution in [0.15, 0.2) is 11.1 Å². The Kier molecular flexibility index (Phi) is 3.13. The second kappa shape index (κ2) is 4.38. The molecule has 2 rings (SSSR count). The third-order valence-electron chi connectivity index (χ3n) is 3.45. The molecule has 1 unspecified atom stereocenters. The van der Waals surface area contributed by atoms with Gasteiger partial charge in [0.05, 0.1) is 5.92 Å². The van der Waals surface area contributed by atoms with Crippen LogP contribution in [0.25, 0.3) is 0 Å². The van der Waals surface area contributed by atoms with E-state index in [0.717, 1.165) is 19.3 Å². The van der Waals surface area contributed by atoms with Crippen LogP contribution < -0.4 is 0 Å². The molecule has 0 heterocycles. The molecule has 1 atom stereocenters. The third-order valence-corrected chi connectivity index (χ3v) is 3.45. The van der Waals surface area contributed by atoms with Gasteiger partial charge in [-0.1, -0.05) is 25.0 Å². The smallest absolute Gasteiger partial charge is 0.308 e. The second-order valence-electron chi connectivity index (χ2n) is 5.02. The van der Waals surface area contributed by atoms with Crippen LogP contribution in [0.2, 0.25) is 0 Å². The van der Waals surface area contributed by atoms with Crippen LogP contribution >= 0.6 is 0 Å². The first-order chi connectivity index (χ1) is 7.16. The average Bonchev–Trinajstić information content (AvgIpc) is 2.64. The highest BCUT2D eigenvalue weighted by molar-refractivity contribution is 5.71. The summed E-state index contributed by atoms with van der Waals surface area (Å²) in [5.74, 6) is -0.0361. The molecule has 0 saturated heterocycles. The molecule has 0 N–H and O–H groups in total. The molecule has 2 aliphatic carbocycles. The Morgan fingerprint density at radius 1 is 1.27 bits per heavy atom. The van der Waals surface area contributed by atoms with Crippen molar-refractivity contribution in [2.45, 2.75) is 58.5 Å². The number of hydrogen-bond donors (Lipinski definition) is 0. The molecule has 0 bridgehead atoms. The Morgan fingerprint density at radius 3 is 2.73 bits per heavy atom. The quantitative estimate of drug-likeness (QED) is 0.514. The summed E-state index contributed by atoms with van der Waals surface area (Å²) in [5, 5.41) is 0. The Bertz CT molecular complexity index is 289. The fraction of sp³-hybridized carbons (Fsp3) is 0.769. The monoisotopic (exact) mass is 208 g/mol. The van der Waals surface area contributed by atoms with Crippen LogP contribution in [-0.4, -0.2) is 12.1 Å². The van der Waals surface area contributed by atoms with Crippen LogP contribution in [0.5, 0.6) is 0 Å². The van der Waals surface area contributed by atoms with E-state index in [4.69, 9.17) is 4.74 Å². The molecule has 84 valence electrons. The van der Waals surface area contributed by atoms with Crippen molar-refractivity contribution in [3.05, 3.63) is 11.1 Å². The van der Waals surface area contributed by atoms with E-state index < -0.39 is 0 Å². The largest absolute Gasteiger partial charge is 0.462 e. The van der Waals surface area contributed by atoms with Gasteiger partial charge in [-0.25, -0.2) is 0 Å². The first-order valence-corrected chi connectivity index (χ1v) is 6.07. The average molecular weight is 208 g/mol. The van der Waals surface area contributed by atoms with Gasteiger partial charge in [-0.2, -0.15) is 0 Å². The summed E-state index contributed by atoms with van der Waals surface area (Å²) < 4.78 is 5.49. The van der Waals surface area contributed by atoms with E-state index in [1.165, 1.54) is 19.3 Å². The van der Waals surface area contributed by atoms with Gasteiger partial charge in [-0.05, 0) is 32.1 Å². The number of allylic oxidation sites excluding steroid dienone is 1. The fourth-order valence-electron chi connectivity index (χ4n) is 2.53. The van der Waals surface area contributed by atoms with Crippen molar-refractivity contribution >= 4 is 5.97 Å². The van der Waals surface area contributed by atoms with E-state index in [1.807, 2.05) is 13.8 Å². The Labute approximate surface area is 91.7 Å². The number of rotatable bonds is 2. The lowest BCUT2D eigenvalue weighted by atomic mass is 9.91. The van der Waals surface area contributed by atoms with Crippen molar-refractivity contribution in [3.8, 4) is 0 Å². The van der Waals surface area contributed by atoms with E-state index in [-0.39, 0.29) is 18.0 Å². The second-order valence-corrected chi connectivity index (χ2v) is 5.02. The molecule has 2 aliphatic rings. The zero-order valence-corrected chi connectivity index (χ0v) is 9.71. The molecule has 0 radical (unpaired) electrons. The minimum atomic E-state index is -0.0398. The lowest BCUT2D eigenvalue weighted by Gasteiger charge is -2.24. The van der Waals surface area contributed by atoms with Crippen LogP contribution in [-0.2, 0) is 9.53 Å². The topological polar surface area (TPSA) is 26.3 Å². The maximum atomic E-state index is 11.5. The molecule has 0 aromatic heterocycles. The minimum absolute atomic E-state index is 0.00366. The molecule has 0 aromatic rings. The number of esters is 1. The molecule has 0 saturated carbocycles. The zero-order valence-electron chi connectivity index (χ0n) is 9.71. The molecule has 0 fully saturated rings. The SMILES string of the molecule is CC(C)C(=O)OC1CCC2=C(CCC2)C1. The van der Waals surface area contributed by atoms with Crippen LogP contribution in [0.1, 0.15) is 52.4 Å². The number of hydrogen-bond acceptors (Lipinski definition) is 2. The molecular weight excluding hydrogens is 188 g/mol. The van der Waals surface area contributed by atoms with Gasteiger partial charge in [0.2, 0.25) is 0 Å². The molecule has 0 amide bonds. The van der Waals surface area contributed by atoms with Crippen molar-refractivity contribution in [2.75, 3.05) is 0 Å². The number of carbonyl (C=O) groups is 1. The van der Waals surface area contributed by atoms with E-state index in [0.29, 0.717) is 0 Å². The van der Waals surface area contributed by atoms with Crippen molar-refractivity contribution < 1.29 is 9.53 Å². The van der Waals surface area contributed by atoms with E-state index >= 15 is 0 Å². The Morgan fingerprint density at radius 2 is 2.00 bits per heavy atom. The first-order valence-electron chi connectivity index (χ1n) is 6.07. The van der Waals surface area contributed by atoms with Crippen LogP contribution in [0.4, 0.5) is 0 Å². The van der Waals surface area contributed by atoms with Gasteiger partial charge in [0, 0.05) is 6.42 Å². The summed E-state index contributed by atoms with van der Waals surface area (Å²) >= 11 is 0. The lowest BCUT2D eigenvalue weighted by molar-refractivity contribution is -0.153. The Balaban J connectivity index is 1.89. The van der Waals surface area contributed by atoms with Gasteiger partial charge in [0.25, 0.3) is 0 Å². The summed E-state index contributed by atoms with van der Waals surface area (Å²) in [5.41, 5.74) is 3.25. The van der Waals surface area contributed by atoms with Gasteiger partial charge in [0.1, 0.15) is 6.10 Å². The Hall–Kier alpha value is -0.790. The minimum Gasteiger partial charge on any atom is -0.462 e. The van der Waals surface area contributed by atoms with Gasteiger partial charge in [0.15, 0.2) is 0 Å². The van der Waals surface area contributed by atoms with Crippen molar-refractivity contribution in [1.82, 2.24) is 0 Å². The van der Waals surface area contributed by atoms with Gasteiger partial charge < -0.3 is 4.74 Å². The predicted molar refractivity (Wildman–Crippen MR) is 59.4 cm³/mol. The van der Waals surface area contributed by atoms with Crippen molar-refractivity contribution in [2.24, 2.45) is 5.92 Å². The van der Waals surface area contributed by atoms with Gasteiger partial charge in [-0.15, -0.1) is 0 Å². The summed E-state index contributed by atoms with van der Waals surface area (Å²) in [7, 11) is 0. The van der Waals surface area contributed by atoms with Gasteiger partial charge >= 0.3 is 5.97 Å². The highest BCUT2D eigenvalue weighted by Crippen LogP contribution is 2.37. The molecule has 2 nitrogen and oxygen atoms in total. The predicted octanol–water partition coefficient (Wildman–Crippen LogP) is 3.22. The number of carbonyl (C=O) groups excluding carboxylic acids is 1. The molecule has 15 heavy (non-hydrogen) atoms. The maximum absolute atomic E-state index is 11.5. The number of ether oxygens (including phenoxy) is 1. The van der Waals surface area contributed by atoms with Crippen molar-refractivity contribution in [3.63, 3.8) is 0 Å². The molecule has 0 aromatic carbocycles.